The minimum absolute atomic E-state index is 0.460. The number of nitrogens with zero attached hydrogens (tertiary/aromatic N) is 2. The lowest BCUT2D eigenvalue weighted by Crippen LogP contribution is -2.32. The van der Waals surface area contributed by atoms with Crippen molar-refractivity contribution in [1.82, 2.24) is 5.27 Å². The first-order valence-electron chi connectivity index (χ1n) is 5.55. The lowest BCUT2D eigenvalue weighted by molar-refractivity contribution is -0.669. The van der Waals surface area contributed by atoms with Gasteiger partial charge in [-0.1, -0.05) is 42.5 Å². The highest BCUT2D eigenvalue weighted by Crippen LogP contribution is 2.23. The standard InChI is InChI=1S/C14H10N2O2/c17-14-10-16(15-18-14)13-9-5-4-8-12(13)11-6-2-1-3-7-11/h1-10H. The molecule has 18 heavy (non-hydrogen) atoms. The Labute approximate surface area is 104 Å². The van der Waals surface area contributed by atoms with Crippen molar-refractivity contribution in [2.75, 3.05) is 0 Å². The Morgan fingerprint density at radius 3 is 2.39 bits per heavy atom. The van der Waals surface area contributed by atoms with E-state index in [9.17, 15) is 5.11 Å². The van der Waals surface area contributed by atoms with Gasteiger partial charge in [-0.15, -0.1) is 0 Å². The molecule has 0 radical (unpaired) electrons. The summed E-state index contributed by atoms with van der Waals surface area (Å²) in [5, 5.41) is 14.8. The molecule has 3 rings (SSSR count). The molecule has 88 valence electrons. The summed E-state index contributed by atoms with van der Waals surface area (Å²) in [7, 11) is 0. The van der Waals surface area contributed by atoms with Gasteiger partial charge in [0.15, 0.2) is 0 Å². The van der Waals surface area contributed by atoms with Crippen molar-refractivity contribution >= 4 is 0 Å². The first-order chi connectivity index (χ1) is 8.84. The fourth-order valence-corrected chi connectivity index (χ4v) is 1.88. The first kappa shape index (κ1) is 10.5. The van der Waals surface area contributed by atoms with Crippen LogP contribution in [-0.4, -0.2) is 5.27 Å². The monoisotopic (exact) mass is 238 g/mol. The van der Waals surface area contributed by atoms with E-state index in [4.69, 9.17) is 0 Å². The summed E-state index contributed by atoms with van der Waals surface area (Å²) in [5.74, 6) is -0.460. The molecule has 0 spiro atoms. The van der Waals surface area contributed by atoms with Crippen molar-refractivity contribution in [3.05, 3.63) is 60.8 Å². The summed E-state index contributed by atoms with van der Waals surface area (Å²) in [4.78, 5) is 0. The van der Waals surface area contributed by atoms with E-state index >= 15 is 0 Å². The quantitative estimate of drug-likeness (QED) is 0.638. The number of benzene rings is 2. The highest BCUT2D eigenvalue weighted by molar-refractivity contribution is 5.70. The molecule has 0 N–H and O–H groups in total. The van der Waals surface area contributed by atoms with Gasteiger partial charge in [0.25, 0.3) is 0 Å². The van der Waals surface area contributed by atoms with Crippen molar-refractivity contribution < 1.29 is 14.3 Å². The van der Waals surface area contributed by atoms with Crippen LogP contribution in [0.3, 0.4) is 0 Å². The van der Waals surface area contributed by atoms with E-state index in [1.54, 1.807) is 0 Å². The molecule has 0 amide bonds. The third-order valence-electron chi connectivity index (χ3n) is 2.68. The molecular weight excluding hydrogens is 228 g/mol. The van der Waals surface area contributed by atoms with Crippen LogP contribution in [0.1, 0.15) is 0 Å². The molecule has 4 heteroatoms. The fraction of sp³-hybridized carbons (Fsp3) is 0. The van der Waals surface area contributed by atoms with E-state index in [2.05, 4.69) is 9.79 Å². The summed E-state index contributed by atoms with van der Waals surface area (Å²) >= 11 is 0. The summed E-state index contributed by atoms with van der Waals surface area (Å²) in [6, 6.07) is 17.6. The van der Waals surface area contributed by atoms with Crippen molar-refractivity contribution in [3.63, 3.8) is 0 Å². The number of hydrogen-bond donors (Lipinski definition) is 0. The Balaban J connectivity index is 2.17. The lowest BCUT2D eigenvalue weighted by Gasteiger charge is -2.01. The zero-order chi connectivity index (χ0) is 12.4. The molecule has 3 aromatic rings. The maximum absolute atomic E-state index is 11.1. The second-order valence-corrected chi connectivity index (χ2v) is 3.85. The second kappa shape index (κ2) is 4.33. The Bertz CT molecular complexity index is 662. The molecule has 4 nitrogen and oxygen atoms in total. The molecule has 0 bridgehead atoms. The molecule has 0 atom stereocenters. The van der Waals surface area contributed by atoms with Gasteiger partial charge >= 0.3 is 0 Å². The molecule has 0 fully saturated rings. The smallest absolute Gasteiger partial charge is 0.247 e. The summed E-state index contributed by atoms with van der Waals surface area (Å²) in [5.41, 5.74) is 2.88. The third kappa shape index (κ3) is 1.84. The fourth-order valence-electron chi connectivity index (χ4n) is 1.88. The van der Waals surface area contributed by atoms with E-state index in [1.165, 1.54) is 10.9 Å². The van der Waals surface area contributed by atoms with Crippen LogP contribution in [0.5, 0.6) is 5.95 Å². The Morgan fingerprint density at radius 2 is 1.67 bits per heavy atom. The van der Waals surface area contributed by atoms with Crippen LogP contribution in [0, 0.1) is 0 Å². The predicted octanol–water partition coefficient (Wildman–Crippen LogP) is 1.69. The molecule has 0 aliphatic heterocycles. The Kier molecular flexibility index (Phi) is 2.53. The summed E-state index contributed by atoms with van der Waals surface area (Å²) in [6.45, 7) is 0. The van der Waals surface area contributed by atoms with Gasteiger partial charge in [-0.05, 0) is 16.3 Å². The number of para-hydroxylation sites is 1. The zero-order valence-corrected chi connectivity index (χ0v) is 9.48. The topological polar surface area (TPSA) is 53.0 Å². The van der Waals surface area contributed by atoms with Gasteiger partial charge in [0, 0.05) is 6.07 Å². The lowest BCUT2D eigenvalue weighted by atomic mass is 10.0. The number of rotatable bonds is 2. The van der Waals surface area contributed by atoms with E-state index in [-0.39, 0.29) is 0 Å². The molecular formula is C14H10N2O2. The minimum Gasteiger partial charge on any atom is -0.539 e. The van der Waals surface area contributed by atoms with Crippen molar-refractivity contribution in [1.29, 1.82) is 0 Å². The number of hydrogen-bond acceptors (Lipinski definition) is 3. The number of aromatic nitrogens is 2. The minimum atomic E-state index is -0.460. The van der Waals surface area contributed by atoms with Crippen LogP contribution in [0.25, 0.3) is 16.8 Å². The van der Waals surface area contributed by atoms with Gasteiger partial charge in [-0.3, -0.25) is 0 Å². The summed E-state index contributed by atoms with van der Waals surface area (Å²) in [6.07, 6.45) is 1.32. The largest absolute Gasteiger partial charge is 0.539 e. The van der Waals surface area contributed by atoms with Gasteiger partial charge in [0.2, 0.25) is 11.9 Å². The molecule has 0 saturated carbocycles. The van der Waals surface area contributed by atoms with Gasteiger partial charge < -0.3 is 9.63 Å². The first-order valence-corrected chi connectivity index (χ1v) is 5.55. The van der Waals surface area contributed by atoms with Crippen LogP contribution >= 0.6 is 0 Å². The van der Waals surface area contributed by atoms with E-state index in [0.717, 1.165) is 16.8 Å². The van der Waals surface area contributed by atoms with Crippen LogP contribution < -0.4 is 9.79 Å². The molecule has 0 aliphatic carbocycles. The molecule has 0 aliphatic rings. The average molecular weight is 238 g/mol. The van der Waals surface area contributed by atoms with Crippen molar-refractivity contribution in [3.8, 4) is 22.8 Å². The van der Waals surface area contributed by atoms with Gasteiger partial charge in [0.05, 0.1) is 10.8 Å². The molecule has 1 heterocycles. The van der Waals surface area contributed by atoms with Gasteiger partial charge in [-0.2, -0.15) is 0 Å². The highest BCUT2D eigenvalue weighted by Gasteiger charge is 2.15. The normalized spacial score (nSPS) is 10.4. The SMILES string of the molecule is [O-]c1c[n+](-c2ccccc2-c2ccccc2)no1. The van der Waals surface area contributed by atoms with Crippen LogP contribution in [0.2, 0.25) is 0 Å². The van der Waals surface area contributed by atoms with E-state index in [0.29, 0.717) is 0 Å². The highest BCUT2D eigenvalue weighted by atomic mass is 16.6. The third-order valence-corrected chi connectivity index (χ3v) is 2.68. The van der Waals surface area contributed by atoms with Crippen LogP contribution in [0.15, 0.2) is 65.3 Å². The van der Waals surface area contributed by atoms with Crippen molar-refractivity contribution in [2.24, 2.45) is 0 Å². The van der Waals surface area contributed by atoms with Gasteiger partial charge in [-0.25, -0.2) is 0 Å². The van der Waals surface area contributed by atoms with E-state index < -0.39 is 5.95 Å². The molecule has 2 aromatic carbocycles. The second-order valence-electron chi connectivity index (χ2n) is 3.85. The van der Waals surface area contributed by atoms with E-state index in [1.807, 2.05) is 54.6 Å². The maximum Gasteiger partial charge on any atom is 0.247 e. The van der Waals surface area contributed by atoms with Crippen LogP contribution in [0.4, 0.5) is 0 Å². The predicted molar refractivity (Wildman–Crippen MR) is 62.9 cm³/mol. The summed E-state index contributed by atoms with van der Waals surface area (Å²) < 4.78 is 6.02. The van der Waals surface area contributed by atoms with Gasteiger partial charge in [0.1, 0.15) is 5.95 Å². The maximum atomic E-state index is 11.1. The van der Waals surface area contributed by atoms with Crippen LogP contribution in [-0.2, 0) is 0 Å². The average Bonchev–Trinajstić information content (AvgIpc) is 2.86. The van der Waals surface area contributed by atoms with Crippen molar-refractivity contribution in [2.45, 2.75) is 0 Å². The Morgan fingerprint density at radius 1 is 0.944 bits per heavy atom. The zero-order valence-electron chi connectivity index (χ0n) is 9.48. The molecule has 0 unspecified atom stereocenters. The Hall–Kier alpha value is -2.62. The molecule has 1 aromatic heterocycles. The molecule has 0 saturated heterocycles.